The van der Waals surface area contributed by atoms with Gasteiger partial charge in [0.15, 0.2) is 0 Å². The number of anilines is 2. The molecule has 4 aliphatic heterocycles. The van der Waals surface area contributed by atoms with Gasteiger partial charge in [-0.05, 0) is 54.1 Å². The number of benzene rings is 3. The molecule has 3 aromatic carbocycles. The quantitative estimate of drug-likeness (QED) is 0.0893. The number of esters is 1. The third-order valence-corrected chi connectivity index (χ3v) is 15.2. The Labute approximate surface area is 405 Å². The molecule has 66 heavy (non-hydrogen) atoms. The number of halogens is 1. The van der Waals surface area contributed by atoms with Crippen LogP contribution in [-0.4, -0.2) is 120 Å². The van der Waals surface area contributed by atoms with Gasteiger partial charge < -0.3 is 50.8 Å². The Kier molecular flexibility index (Phi) is 14.1. The number of carbonyl (C=O) groups is 2. The van der Waals surface area contributed by atoms with Crippen LogP contribution in [0.3, 0.4) is 0 Å². The fourth-order valence-corrected chi connectivity index (χ4v) is 11.1. The van der Waals surface area contributed by atoms with Crippen LogP contribution in [0.15, 0.2) is 102 Å². The minimum Gasteiger partial charge on any atom is -1.00 e. The third-order valence-electron chi connectivity index (χ3n) is 13.3. The van der Waals surface area contributed by atoms with Crippen LogP contribution < -0.4 is 32.4 Å². The number of thiophene rings is 2. The summed E-state index contributed by atoms with van der Waals surface area (Å²) in [5.74, 6) is 0.847. The van der Waals surface area contributed by atoms with E-state index in [-0.39, 0.29) is 34.5 Å². The molecule has 4 aliphatic rings. The van der Waals surface area contributed by atoms with Gasteiger partial charge in [0.05, 0.1) is 54.1 Å². The van der Waals surface area contributed by atoms with E-state index in [1.165, 1.54) is 22.7 Å². The largest absolute Gasteiger partial charge is 1.00 e. The highest BCUT2D eigenvalue weighted by Crippen LogP contribution is 2.52. The number of quaternary nitrogens is 1. The van der Waals surface area contributed by atoms with Crippen molar-refractivity contribution in [2.45, 2.75) is 81.9 Å². The van der Waals surface area contributed by atoms with Crippen molar-refractivity contribution in [2.24, 2.45) is 0 Å². The topological polar surface area (TPSA) is 140 Å². The van der Waals surface area contributed by atoms with Gasteiger partial charge in [0.1, 0.15) is 48.6 Å². The summed E-state index contributed by atoms with van der Waals surface area (Å²) in [7, 11) is 4.49. The molecule has 13 nitrogen and oxygen atoms in total. The number of morpholine rings is 2. The number of aryl methyl sites for hydroxylation is 1. The van der Waals surface area contributed by atoms with Crippen LogP contribution in [0.4, 0.5) is 16.3 Å². The zero-order valence-corrected chi connectivity index (χ0v) is 41.5. The number of amides is 2. The van der Waals surface area contributed by atoms with Crippen LogP contribution in [0.5, 0.6) is 5.75 Å². The summed E-state index contributed by atoms with van der Waals surface area (Å²) >= 11 is 2.74. The van der Waals surface area contributed by atoms with Crippen molar-refractivity contribution in [1.29, 1.82) is 0 Å². The van der Waals surface area contributed by atoms with E-state index in [1.54, 1.807) is 16.8 Å². The Balaban J connectivity index is 0.000000190. The van der Waals surface area contributed by atoms with Crippen LogP contribution in [0.1, 0.15) is 54.6 Å². The summed E-state index contributed by atoms with van der Waals surface area (Å²) in [5.41, 5.74) is 1.76. The van der Waals surface area contributed by atoms with E-state index in [0.29, 0.717) is 52.2 Å². The Morgan fingerprint density at radius 2 is 1.50 bits per heavy atom. The molecule has 0 saturated carbocycles. The maximum atomic E-state index is 13.2. The maximum Gasteiger partial charge on any atom is 0.349 e. The van der Waals surface area contributed by atoms with Crippen LogP contribution >= 0.6 is 22.7 Å². The fraction of sp³-hybridized carbons (Fsp3) is 0.420. The number of urea groups is 1. The Bertz CT molecular complexity index is 2550. The molecule has 5 atom stereocenters. The smallest absolute Gasteiger partial charge is 0.349 e. The van der Waals surface area contributed by atoms with Crippen molar-refractivity contribution in [1.82, 2.24) is 14.7 Å². The first-order valence-electron chi connectivity index (χ1n) is 22.4. The van der Waals surface area contributed by atoms with E-state index in [4.69, 9.17) is 24.0 Å². The van der Waals surface area contributed by atoms with Crippen molar-refractivity contribution >= 4 is 57.0 Å². The molecule has 3 unspecified atom stereocenters. The highest BCUT2D eigenvalue weighted by atomic mass is 79.9. The van der Waals surface area contributed by atoms with Gasteiger partial charge in [0.2, 0.25) is 5.60 Å². The van der Waals surface area contributed by atoms with Gasteiger partial charge >= 0.3 is 12.0 Å². The molecule has 7 heterocycles. The number of nitrogens with zero attached hydrogens (tertiary/aromatic N) is 4. The van der Waals surface area contributed by atoms with Gasteiger partial charge in [-0.25, -0.2) is 14.3 Å². The molecule has 350 valence electrons. The second-order valence-electron chi connectivity index (χ2n) is 18.9. The molecule has 2 amide bonds. The summed E-state index contributed by atoms with van der Waals surface area (Å²) in [4.78, 5) is 29.9. The van der Waals surface area contributed by atoms with Gasteiger partial charge in [-0.15, -0.1) is 22.7 Å². The number of rotatable bonds is 11. The molecule has 3 N–H and O–H groups in total. The SMILES string of the molecule is C[N+]1(C)C2CC(OC(=O)C(O)(c3cccs3)c3cccs3)CC1[C@@H]1O[C@H]21.Cc1ccc(-n2nc(C(C)(C)C)cc2NC(=O)Nc2ccc(OCCN3CCOCC3)c3ccccc23)cc1.[Br-]. The molecule has 4 saturated heterocycles. The number of ether oxygens (including phenoxy) is 4. The standard InChI is InChI=1S/C31H37N5O3.C19H22NO4S2.BrH/c1-22-9-11-23(12-10-22)36-29(21-28(34-36)31(2,3)4)33-30(37)32-26-13-14-27(25-8-6-5-7-24(25)26)39-20-17-35-15-18-38-19-16-35;1-20(2)12-9-11(10-13(20)17-16(12)24-17)23-18(21)19(22,14-5-3-7-25-14)15-6-4-8-26-15;/h5-14,21H,15-20H2,1-4H3,(H2,32,33,37);3-8,11-13,16-17,22H,9-10H2,1-2H3;1H/q;+1;/p-1/t;11?,12?,13?,16-,17+;. The van der Waals surface area contributed by atoms with Crippen LogP contribution in [0.2, 0.25) is 0 Å². The number of hydrogen-bond donors (Lipinski definition) is 3. The first-order valence-corrected chi connectivity index (χ1v) is 24.2. The summed E-state index contributed by atoms with van der Waals surface area (Å²) in [5, 5.41) is 27.8. The number of nitrogens with one attached hydrogen (secondary N) is 2. The lowest BCUT2D eigenvalue weighted by molar-refractivity contribution is -0.938. The third kappa shape index (κ3) is 9.83. The van der Waals surface area contributed by atoms with E-state index >= 15 is 0 Å². The van der Waals surface area contributed by atoms with Gasteiger partial charge in [0, 0.05) is 54.7 Å². The number of hydrogen-bond acceptors (Lipinski definition) is 11. The van der Waals surface area contributed by atoms with Crippen molar-refractivity contribution in [3.8, 4) is 11.4 Å². The number of likely N-dealkylation sites (N-methyl/N-ethyl adjacent to an activating group) is 1. The number of aromatic nitrogens is 2. The number of aliphatic hydroxyl groups is 1. The van der Waals surface area contributed by atoms with Gasteiger partial charge in [-0.3, -0.25) is 10.2 Å². The molecule has 4 fully saturated rings. The first kappa shape index (κ1) is 47.8. The Morgan fingerprint density at radius 3 is 2.11 bits per heavy atom. The maximum absolute atomic E-state index is 13.2. The lowest BCUT2D eigenvalue weighted by Crippen LogP contribution is -3.00. The van der Waals surface area contributed by atoms with Crippen LogP contribution in [0.25, 0.3) is 16.5 Å². The fourth-order valence-electron chi connectivity index (χ4n) is 9.43. The van der Waals surface area contributed by atoms with Crippen molar-refractivity contribution in [3.05, 3.63) is 123 Å². The Morgan fingerprint density at radius 1 is 0.864 bits per heavy atom. The molecule has 10 rings (SSSR count). The summed E-state index contributed by atoms with van der Waals surface area (Å²) < 4.78 is 26.0. The van der Waals surface area contributed by atoms with Gasteiger partial charge in [0.25, 0.3) is 0 Å². The van der Waals surface area contributed by atoms with Crippen molar-refractivity contribution in [2.75, 3.05) is 64.2 Å². The molecule has 0 aliphatic carbocycles. The molecule has 6 aromatic rings. The van der Waals surface area contributed by atoms with E-state index in [2.05, 4.69) is 50.4 Å². The van der Waals surface area contributed by atoms with Crippen LogP contribution in [-0.2, 0) is 30.0 Å². The Hall–Kier alpha value is -4.65. The average Bonchev–Trinajstić information content (AvgIpc) is 3.71. The molecular weight excluding hydrogens is 941 g/mol. The number of fused-ring (bicyclic) bond motifs is 6. The predicted molar refractivity (Wildman–Crippen MR) is 255 cm³/mol. The number of piperidine rings is 1. The summed E-state index contributed by atoms with van der Waals surface area (Å²) in [6, 6.07) is 29.5. The second kappa shape index (κ2) is 19.5. The number of epoxide rings is 1. The van der Waals surface area contributed by atoms with E-state index in [0.717, 1.165) is 83.6 Å². The zero-order chi connectivity index (χ0) is 45.5. The monoisotopic (exact) mass is 998 g/mol. The van der Waals surface area contributed by atoms with E-state index < -0.39 is 11.6 Å². The van der Waals surface area contributed by atoms with Crippen LogP contribution in [0, 0.1) is 6.92 Å². The van der Waals surface area contributed by atoms with Crippen molar-refractivity contribution in [3.63, 3.8) is 0 Å². The molecular formula is C50H59BrN6O7S2. The normalized spacial score (nSPS) is 22.0. The minimum absolute atomic E-state index is 0. The zero-order valence-electron chi connectivity index (χ0n) is 38.2. The van der Waals surface area contributed by atoms with E-state index in [9.17, 15) is 14.7 Å². The first-order chi connectivity index (χ1) is 31.2. The van der Waals surface area contributed by atoms with Gasteiger partial charge in [-0.2, -0.15) is 5.10 Å². The molecule has 3 aromatic heterocycles. The predicted octanol–water partition coefficient (Wildman–Crippen LogP) is 5.34. The molecule has 2 bridgehead atoms. The molecule has 0 spiro atoms. The van der Waals surface area contributed by atoms with Crippen molar-refractivity contribution < 1.29 is 55.1 Å². The summed E-state index contributed by atoms with van der Waals surface area (Å²) in [6.07, 6.45) is 2.05. The lowest BCUT2D eigenvalue weighted by atomic mass is 9.92. The molecule has 16 heteroatoms. The average molecular weight is 1000 g/mol. The summed E-state index contributed by atoms with van der Waals surface area (Å²) in [6.45, 7) is 13.2. The number of carbonyl (C=O) groups excluding carboxylic acids is 2. The minimum atomic E-state index is -1.72. The highest BCUT2D eigenvalue weighted by Gasteiger charge is 2.71. The van der Waals surface area contributed by atoms with Gasteiger partial charge in [-0.1, -0.05) is 74.9 Å². The second-order valence-corrected chi connectivity index (χ2v) is 20.8. The highest BCUT2D eigenvalue weighted by molar-refractivity contribution is 7.12. The molecule has 0 radical (unpaired) electrons. The lowest BCUT2D eigenvalue weighted by Gasteiger charge is -2.45. The van der Waals surface area contributed by atoms with E-state index in [1.807, 2.05) is 96.5 Å².